The number of carbonyl (C=O) groups is 1. The Labute approximate surface area is 178 Å². The lowest BCUT2D eigenvalue weighted by Gasteiger charge is -2.22. The third kappa shape index (κ3) is 7.39. The molecule has 0 radical (unpaired) electrons. The van der Waals surface area contributed by atoms with Crippen LogP contribution in [0.3, 0.4) is 0 Å². The molecule has 2 aromatic rings. The van der Waals surface area contributed by atoms with Gasteiger partial charge in [-0.15, -0.1) is 0 Å². The summed E-state index contributed by atoms with van der Waals surface area (Å²) in [5.41, 5.74) is 3.43. The third-order valence-electron chi connectivity index (χ3n) is 5.37. The Morgan fingerprint density at radius 1 is 0.900 bits per heavy atom. The molecule has 0 atom stereocenters. The fraction of sp³-hybridized carbons (Fsp3) is 0.360. The molecule has 4 rings (SSSR count). The summed E-state index contributed by atoms with van der Waals surface area (Å²) in [4.78, 5) is 14.7. The number of nitrogens with one attached hydrogen (secondary N) is 2. The van der Waals surface area contributed by atoms with E-state index in [0.717, 1.165) is 42.3 Å². The molecule has 1 heterocycles. The van der Waals surface area contributed by atoms with Crippen LogP contribution in [0.2, 0.25) is 0 Å². The van der Waals surface area contributed by atoms with Gasteiger partial charge < -0.3 is 15.7 Å². The fourth-order valence-electron chi connectivity index (χ4n) is 3.76. The lowest BCUT2D eigenvalue weighted by molar-refractivity contribution is -0.131. The number of nitrogens with zero attached hydrogens (tertiary/aromatic N) is 1. The van der Waals surface area contributed by atoms with Crippen LogP contribution in [0, 0.1) is 0 Å². The number of benzene rings is 2. The van der Waals surface area contributed by atoms with Gasteiger partial charge in [0.2, 0.25) is 0 Å². The van der Waals surface area contributed by atoms with Crippen LogP contribution in [0.15, 0.2) is 65.7 Å². The Hall–Kier alpha value is -3.08. The van der Waals surface area contributed by atoms with Crippen molar-refractivity contribution in [2.75, 3.05) is 13.1 Å². The third-order valence-corrected chi connectivity index (χ3v) is 5.37. The monoisotopic (exact) mass is 405 g/mol. The minimum absolute atomic E-state index is 0.779. The van der Waals surface area contributed by atoms with Gasteiger partial charge in [-0.25, -0.2) is 9.79 Å². The van der Waals surface area contributed by atoms with E-state index in [2.05, 4.69) is 39.9 Å². The summed E-state index contributed by atoms with van der Waals surface area (Å²) < 4.78 is 0. The van der Waals surface area contributed by atoms with Crippen molar-refractivity contribution >= 4 is 23.7 Å². The van der Waals surface area contributed by atoms with Crippen LogP contribution in [0.25, 0.3) is 6.08 Å². The molecule has 30 heavy (non-hydrogen) atoms. The zero-order valence-electron chi connectivity index (χ0n) is 17.4. The van der Waals surface area contributed by atoms with Gasteiger partial charge in [0.1, 0.15) is 0 Å². The first kappa shape index (κ1) is 21.6. The van der Waals surface area contributed by atoms with Gasteiger partial charge in [-0.3, -0.25) is 0 Å². The van der Waals surface area contributed by atoms with Gasteiger partial charge in [0, 0.05) is 19.2 Å². The van der Waals surface area contributed by atoms with Crippen molar-refractivity contribution in [1.82, 2.24) is 10.6 Å². The van der Waals surface area contributed by atoms with E-state index < -0.39 is 5.97 Å². The van der Waals surface area contributed by atoms with E-state index in [0.29, 0.717) is 0 Å². The summed E-state index contributed by atoms with van der Waals surface area (Å²) in [5.74, 6) is 0.770. The van der Waals surface area contributed by atoms with Gasteiger partial charge in [0.15, 0.2) is 5.96 Å². The SMILES string of the molecule is O=C(O)/C=C/c1ccccc1.c1cc(C2CCCCC2)ccc1N=C1NCCCN1. The van der Waals surface area contributed by atoms with Crippen LogP contribution in [0.1, 0.15) is 55.6 Å². The van der Waals surface area contributed by atoms with Gasteiger partial charge in [0.05, 0.1) is 5.69 Å². The molecule has 1 aliphatic carbocycles. The van der Waals surface area contributed by atoms with Gasteiger partial charge >= 0.3 is 5.97 Å². The minimum atomic E-state index is -0.922. The smallest absolute Gasteiger partial charge is 0.328 e. The number of hydrogen-bond donors (Lipinski definition) is 3. The van der Waals surface area contributed by atoms with Gasteiger partial charge in [-0.05, 0) is 54.5 Å². The highest BCUT2D eigenvalue weighted by Gasteiger charge is 2.15. The van der Waals surface area contributed by atoms with Gasteiger partial charge in [-0.1, -0.05) is 61.7 Å². The highest BCUT2D eigenvalue weighted by molar-refractivity contribution is 5.85. The average molecular weight is 406 g/mol. The molecule has 0 bridgehead atoms. The van der Waals surface area contributed by atoms with Gasteiger partial charge in [0.25, 0.3) is 0 Å². The summed E-state index contributed by atoms with van der Waals surface area (Å²) >= 11 is 0. The lowest BCUT2D eigenvalue weighted by Crippen LogP contribution is -2.43. The standard InChI is InChI=1S/C16H23N3.C9H8O2/c1-2-5-13(6-3-1)14-7-9-15(10-8-14)19-16-17-11-4-12-18-16;10-9(11)7-6-8-4-2-1-3-5-8/h7-10,13H,1-6,11-12H2,(H2,17,18,19);1-7H,(H,10,11)/b;7-6+. The summed E-state index contributed by atoms with van der Waals surface area (Å²) in [6, 6.07) is 18.1. The Morgan fingerprint density at radius 2 is 1.57 bits per heavy atom. The summed E-state index contributed by atoms with van der Waals surface area (Å²) in [7, 11) is 0. The van der Waals surface area contributed by atoms with E-state index in [4.69, 9.17) is 5.11 Å². The molecule has 2 aromatic carbocycles. The number of aliphatic carboxylic acids is 1. The van der Waals surface area contributed by atoms with Crippen LogP contribution in [0.4, 0.5) is 5.69 Å². The topological polar surface area (TPSA) is 73.7 Å². The highest BCUT2D eigenvalue weighted by Crippen LogP contribution is 2.33. The predicted molar refractivity (Wildman–Crippen MR) is 123 cm³/mol. The number of carboxylic acid groups (broad SMARTS) is 1. The molecule has 158 valence electrons. The molecule has 5 heteroatoms. The minimum Gasteiger partial charge on any atom is -0.478 e. The molecule has 0 unspecified atom stereocenters. The first-order chi connectivity index (χ1) is 14.7. The number of guanidine groups is 1. The maximum atomic E-state index is 10.1. The number of carboxylic acids is 1. The van der Waals surface area contributed by atoms with Gasteiger partial charge in [-0.2, -0.15) is 0 Å². The van der Waals surface area contributed by atoms with Crippen molar-refractivity contribution in [2.45, 2.75) is 44.4 Å². The molecular weight excluding hydrogens is 374 g/mol. The van der Waals surface area contributed by atoms with E-state index in [9.17, 15) is 4.79 Å². The van der Waals surface area contributed by atoms with Crippen LogP contribution < -0.4 is 10.6 Å². The zero-order valence-corrected chi connectivity index (χ0v) is 17.4. The molecule has 3 N–H and O–H groups in total. The average Bonchev–Trinajstić information content (AvgIpc) is 2.81. The number of hydrogen-bond acceptors (Lipinski definition) is 2. The van der Waals surface area contributed by atoms with Crippen LogP contribution in [-0.4, -0.2) is 30.1 Å². The summed E-state index contributed by atoms with van der Waals surface area (Å²) in [6.45, 7) is 2.04. The van der Waals surface area contributed by atoms with E-state index in [1.54, 1.807) is 6.08 Å². The Bertz CT molecular complexity index is 830. The quantitative estimate of drug-likeness (QED) is 0.620. The molecule has 1 saturated carbocycles. The normalized spacial score (nSPS) is 16.7. The molecular formula is C25H31N3O2. The highest BCUT2D eigenvalue weighted by atomic mass is 16.4. The molecule has 1 saturated heterocycles. The van der Waals surface area contributed by atoms with E-state index >= 15 is 0 Å². The summed E-state index contributed by atoms with van der Waals surface area (Å²) in [6.07, 6.45) is 10.8. The predicted octanol–water partition coefficient (Wildman–Crippen LogP) is 5.09. The maximum Gasteiger partial charge on any atom is 0.328 e. The molecule has 0 spiro atoms. The van der Waals surface area contributed by atoms with Crippen LogP contribution in [0.5, 0.6) is 0 Å². The molecule has 5 nitrogen and oxygen atoms in total. The lowest BCUT2D eigenvalue weighted by atomic mass is 9.84. The van der Waals surface area contributed by atoms with E-state index in [-0.39, 0.29) is 0 Å². The molecule has 0 amide bonds. The number of aliphatic imine (C=N–C) groups is 1. The van der Waals surface area contributed by atoms with E-state index in [1.807, 2.05) is 30.3 Å². The second-order valence-corrected chi connectivity index (χ2v) is 7.68. The first-order valence-electron chi connectivity index (χ1n) is 10.8. The Kier molecular flexibility index (Phi) is 8.51. The largest absolute Gasteiger partial charge is 0.478 e. The van der Waals surface area contributed by atoms with Crippen molar-refractivity contribution in [3.05, 3.63) is 71.8 Å². The van der Waals surface area contributed by atoms with E-state index in [1.165, 1.54) is 44.1 Å². The van der Waals surface area contributed by atoms with Crippen molar-refractivity contribution in [2.24, 2.45) is 4.99 Å². The summed E-state index contributed by atoms with van der Waals surface area (Å²) in [5, 5.41) is 14.9. The van der Waals surface area contributed by atoms with Crippen molar-refractivity contribution in [3.63, 3.8) is 0 Å². The Balaban J connectivity index is 0.000000199. The van der Waals surface area contributed by atoms with Crippen molar-refractivity contribution in [1.29, 1.82) is 0 Å². The second-order valence-electron chi connectivity index (χ2n) is 7.68. The van der Waals surface area contributed by atoms with Crippen LogP contribution >= 0.6 is 0 Å². The Morgan fingerprint density at radius 3 is 2.20 bits per heavy atom. The van der Waals surface area contributed by atoms with Crippen molar-refractivity contribution < 1.29 is 9.90 Å². The van der Waals surface area contributed by atoms with Crippen molar-refractivity contribution in [3.8, 4) is 0 Å². The molecule has 0 aromatic heterocycles. The molecule has 1 aliphatic heterocycles. The maximum absolute atomic E-state index is 10.1. The van der Waals surface area contributed by atoms with Crippen LogP contribution in [-0.2, 0) is 4.79 Å². The number of rotatable bonds is 4. The molecule has 2 fully saturated rings. The zero-order chi connectivity index (χ0) is 21.0. The first-order valence-corrected chi connectivity index (χ1v) is 10.8. The fourth-order valence-corrected chi connectivity index (χ4v) is 3.76. The molecule has 2 aliphatic rings. The second kappa shape index (κ2) is 11.8.